The van der Waals surface area contributed by atoms with Crippen LogP contribution in [0.5, 0.6) is 0 Å². The van der Waals surface area contributed by atoms with Gasteiger partial charge < -0.3 is 14.4 Å². The van der Waals surface area contributed by atoms with Gasteiger partial charge in [0.1, 0.15) is 5.60 Å². The second-order valence-corrected chi connectivity index (χ2v) is 8.13. The molecule has 0 radical (unpaired) electrons. The van der Waals surface area contributed by atoms with Crippen molar-refractivity contribution in [3.63, 3.8) is 0 Å². The van der Waals surface area contributed by atoms with E-state index in [4.69, 9.17) is 9.47 Å². The zero-order valence-electron chi connectivity index (χ0n) is 20.2. The van der Waals surface area contributed by atoms with Gasteiger partial charge in [0.05, 0.1) is 19.3 Å². The predicted octanol–water partition coefficient (Wildman–Crippen LogP) is 5.75. The van der Waals surface area contributed by atoms with Crippen LogP contribution in [0.1, 0.15) is 84.9 Å². The van der Waals surface area contributed by atoms with Gasteiger partial charge in [0.15, 0.2) is 0 Å². The first-order valence-electron chi connectivity index (χ1n) is 11.3. The van der Waals surface area contributed by atoms with Crippen molar-refractivity contribution in [3.8, 4) is 0 Å². The van der Waals surface area contributed by atoms with Crippen LogP contribution in [0, 0.1) is 13.8 Å². The quantitative estimate of drug-likeness (QED) is 0.579. The second kappa shape index (κ2) is 15.3. The van der Waals surface area contributed by atoms with Crippen LogP contribution in [0.15, 0.2) is 6.20 Å². The van der Waals surface area contributed by atoms with Gasteiger partial charge in [-0.2, -0.15) is 5.10 Å². The maximum atomic E-state index is 11.7. The highest BCUT2D eigenvalue weighted by Crippen LogP contribution is 2.14. The van der Waals surface area contributed by atoms with Gasteiger partial charge in [-0.3, -0.25) is 4.68 Å². The highest BCUT2D eigenvalue weighted by atomic mass is 16.6. The van der Waals surface area contributed by atoms with Gasteiger partial charge in [-0.05, 0) is 59.4 Å². The van der Waals surface area contributed by atoms with Crippen molar-refractivity contribution < 1.29 is 14.3 Å². The van der Waals surface area contributed by atoms with Crippen LogP contribution < -0.4 is 0 Å². The molecule has 170 valence electrons. The van der Waals surface area contributed by atoms with Crippen molar-refractivity contribution in [2.75, 3.05) is 26.3 Å². The third kappa shape index (κ3) is 12.6. The smallest absolute Gasteiger partial charge is 0.410 e. The molecule has 2 heterocycles. The van der Waals surface area contributed by atoms with Gasteiger partial charge in [0.2, 0.25) is 0 Å². The Bertz CT molecular complexity index is 542. The SMILES string of the molecule is CC.CC(C)(C)OC(=O)N1CCCCCC1.CCCOCCn1ncc(C)c1C. The fourth-order valence-electron chi connectivity index (χ4n) is 2.74. The molecule has 0 saturated carbocycles. The average Bonchev–Trinajstić information content (AvgIpc) is 2.88. The fourth-order valence-corrected chi connectivity index (χ4v) is 2.74. The molecular formula is C23H45N3O3. The van der Waals surface area contributed by atoms with Crippen molar-refractivity contribution in [1.29, 1.82) is 0 Å². The summed E-state index contributed by atoms with van der Waals surface area (Å²) in [4.78, 5) is 13.5. The van der Waals surface area contributed by atoms with Crippen LogP contribution >= 0.6 is 0 Å². The molecule has 0 N–H and O–H groups in total. The summed E-state index contributed by atoms with van der Waals surface area (Å²) in [6.45, 7) is 20.2. The van der Waals surface area contributed by atoms with Crippen LogP contribution in [0.25, 0.3) is 0 Å². The molecule has 6 nitrogen and oxygen atoms in total. The summed E-state index contributed by atoms with van der Waals surface area (Å²) in [7, 11) is 0. The molecule has 29 heavy (non-hydrogen) atoms. The minimum Gasteiger partial charge on any atom is -0.444 e. The first-order valence-corrected chi connectivity index (χ1v) is 11.3. The lowest BCUT2D eigenvalue weighted by molar-refractivity contribution is 0.0257. The molecule has 6 heteroatoms. The van der Waals surface area contributed by atoms with Crippen LogP contribution in [-0.2, 0) is 16.0 Å². The molecule has 2 rings (SSSR count). The minimum atomic E-state index is -0.372. The zero-order valence-corrected chi connectivity index (χ0v) is 20.2. The Morgan fingerprint density at radius 3 is 2.10 bits per heavy atom. The Morgan fingerprint density at radius 1 is 1.07 bits per heavy atom. The molecule has 1 aromatic heterocycles. The average molecular weight is 412 g/mol. The van der Waals surface area contributed by atoms with Crippen LogP contribution in [0.3, 0.4) is 0 Å². The van der Waals surface area contributed by atoms with Gasteiger partial charge in [0, 0.05) is 25.4 Å². The molecule has 1 aliphatic rings. The fraction of sp³-hybridized carbons (Fsp3) is 0.826. The van der Waals surface area contributed by atoms with Crippen LogP contribution in [0.4, 0.5) is 4.79 Å². The van der Waals surface area contributed by atoms with E-state index in [1.54, 1.807) is 0 Å². The second-order valence-electron chi connectivity index (χ2n) is 8.13. The van der Waals surface area contributed by atoms with Gasteiger partial charge in [0.25, 0.3) is 0 Å². The molecule has 0 spiro atoms. The number of carbonyl (C=O) groups is 1. The number of amides is 1. The van der Waals surface area contributed by atoms with Gasteiger partial charge in [-0.15, -0.1) is 0 Å². The van der Waals surface area contributed by atoms with E-state index < -0.39 is 0 Å². The van der Waals surface area contributed by atoms with Crippen molar-refractivity contribution in [3.05, 3.63) is 17.5 Å². The lowest BCUT2D eigenvalue weighted by Crippen LogP contribution is -2.37. The highest BCUT2D eigenvalue weighted by Gasteiger charge is 2.22. The van der Waals surface area contributed by atoms with E-state index in [9.17, 15) is 4.79 Å². The molecule has 1 aromatic rings. The van der Waals surface area contributed by atoms with Crippen molar-refractivity contribution in [1.82, 2.24) is 14.7 Å². The van der Waals surface area contributed by atoms with Crippen molar-refractivity contribution in [2.45, 2.75) is 99.6 Å². The number of carbonyl (C=O) groups excluding carboxylic acids is 1. The Hall–Kier alpha value is -1.56. The normalized spacial score (nSPS) is 14.1. The molecule has 1 amide bonds. The standard InChI is InChI=1S/C11H21NO2.C10H18N2O.C2H6/c1-11(2,3)14-10(13)12-8-6-4-5-7-9-12;1-4-6-13-7-5-12-10(3)9(2)8-11-12;1-2/h4-9H2,1-3H3;8H,4-7H2,1-3H3;1-2H3. The van der Waals surface area contributed by atoms with E-state index in [1.807, 2.05) is 50.4 Å². The largest absolute Gasteiger partial charge is 0.444 e. The van der Waals surface area contributed by atoms with E-state index in [2.05, 4.69) is 25.9 Å². The first-order chi connectivity index (χ1) is 13.7. The molecule has 1 fully saturated rings. The molecule has 0 aliphatic carbocycles. The molecule has 1 saturated heterocycles. The Kier molecular flexibility index (Phi) is 14.5. The maximum Gasteiger partial charge on any atom is 0.410 e. The highest BCUT2D eigenvalue weighted by molar-refractivity contribution is 5.68. The van der Waals surface area contributed by atoms with E-state index in [1.165, 1.54) is 24.1 Å². The number of ether oxygens (including phenoxy) is 2. The molecule has 0 atom stereocenters. The Labute approximate surface area is 178 Å². The first kappa shape index (κ1) is 27.4. The molecule has 0 aromatic carbocycles. The number of aryl methyl sites for hydroxylation is 1. The summed E-state index contributed by atoms with van der Waals surface area (Å²) in [6.07, 6.45) is 7.52. The molecule has 0 bridgehead atoms. The van der Waals surface area contributed by atoms with E-state index in [0.29, 0.717) is 0 Å². The minimum absolute atomic E-state index is 0.153. The molecule has 1 aliphatic heterocycles. The zero-order chi connectivity index (χ0) is 22.3. The number of aromatic nitrogens is 2. The maximum absolute atomic E-state index is 11.7. The summed E-state index contributed by atoms with van der Waals surface area (Å²) < 4.78 is 12.7. The van der Waals surface area contributed by atoms with Crippen molar-refractivity contribution in [2.24, 2.45) is 0 Å². The molecular weight excluding hydrogens is 366 g/mol. The lowest BCUT2D eigenvalue weighted by Gasteiger charge is -2.26. The van der Waals surface area contributed by atoms with Crippen LogP contribution in [-0.4, -0.2) is 52.7 Å². The Balaban J connectivity index is 0.000000499. The van der Waals surface area contributed by atoms with Crippen LogP contribution in [0.2, 0.25) is 0 Å². The number of likely N-dealkylation sites (tertiary alicyclic amines) is 1. The third-order valence-electron chi connectivity index (χ3n) is 4.40. The van der Waals surface area contributed by atoms with Crippen molar-refractivity contribution >= 4 is 6.09 Å². The number of hydrogen-bond donors (Lipinski definition) is 0. The lowest BCUT2D eigenvalue weighted by atomic mass is 10.2. The number of rotatable bonds is 5. The summed E-state index contributed by atoms with van der Waals surface area (Å²) >= 11 is 0. The topological polar surface area (TPSA) is 56.6 Å². The predicted molar refractivity (Wildman–Crippen MR) is 120 cm³/mol. The van der Waals surface area contributed by atoms with E-state index in [-0.39, 0.29) is 11.7 Å². The number of hydrogen-bond acceptors (Lipinski definition) is 4. The number of nitrogens with zero attached hydrogens (tertiary/aromatic N) is 3. The summed E-state index contributed by atoms with van der Waals surface area (Å²) in [5.41, 5.74) is 2.11. The van der Waals surface area contributed by atoms with Gasteiger partial charge in [-0.25, -0.2) is 4.79 Å². The van der Waals surface area contributed by atoms with Gasteiger partial charge >= 0.3 is 6.09 Å². The summed E-state index contributed by atoms with van der Waals surface area (Å²) in [6, 6.07) is 0. The van der Waals surface area contributed by atoms with E-state index in [0.717, 1.165) is 52.1 Å². The van der Waals surface area contributed by atoms with Gasteiger partial charge in [-0.1, -0.05) is 33.6 Å². The Morgan fingerprint density at radius 2 is 1.66 bits per heavy atom. The third-order valence-corrected chi connectivity index (χ3v) is 4.40. The summed E-state index contributed by atoms with van der Waals surface area (Å²) in [5, 5.41) is 4.25. The molecule has 0 unspecified atom stereocenters. The van der Waals surface area contributed by atoms with E-state index >= 15 is 0 Å². The summed E-state index contributed by atoms with van der Waals surface area (Å²) in [5.74, 6) is 0. The monoisotopic (exact) mass is 411 g/mol.